The predicted octanol–water partition coefficient (Wildman–Crippen LogP) is 1.19. The number of carbonyl (C=O) groups is 1. The van der Waals surface area contributed by atoms with E-state index < -0.39 is 38.9 Å². The van der Waals surface area contributed by atoms with Crippen molar-refractivity contribution >= 4 is 27.3 Å². The van der Waals surface area contributed by atoms with Crippen molar-refractivity contribution in [3.63, 3.8) is 0 Å². The largest absolute Gasteiger partial charge is 0.444 e. The van der Waals surface area contributed by atoms with Crippen molar-refractivity contribution in [2.75, 3.05) is 25.7 Å². The highest BCUT2D eigenvalue weighted by Gasteiger charge is 2.22. The van der Waals surface area contributed by atoms with Crippen LogP contribution < -0.4 is 5.32 Å². The van der Waals surface area contributed by atoms with Crippen LogP contribution >= 0.6 is 0 Å². The van der Waals surface area contributed by atoms with Crippen LogP contribution in [0.3, 0.4) is 0 Å². The van der Waals surface area contributed by atoms with Crippen LogP contribution in [0.5, 0.6) is 0 Å². The number of hydrogen-bond donors (Lipinski definition) is 1. The van der Waals surface area contributed by atoms with Crippen LogP contribution in [-0.4, -0.2) is 56.1 Å². The van der Waals surface area contributed by atoms with Gasteiger partial charge >= 0.3 is 6.09 Å². The number of rotatable bonds is 9. The van der Waals surface area contributed by atoms with Crippen LogP contribution in [0.1, 0.15) is 34.1 Å². The van der Waals surface area contributed by atoms with Gasteiger partial charge in [0.25, 0.3) is 10.1 Å². The molecule has 0 spiro atoms. The van der Waals surface area contributed by atoms with Crippen molar-refractivity contribution in [1.29, 1.82) is 0 Å². The molecule has 0 aromatic heterocycles. The van der Waals surface area contributed by atoms with Gasteiger partial charge in [0.15, 0.2) is 11.1 Å². The van der Waals surface area contributed by atoms with Gasteiger partial charge in [-0.1, -0.05) is 6.92 Å². The highest BCUT2D eigenvalue weighted by molar-refractivity contribution is 7.86. The first-order valence-corrected chi connectivity index (χ1v) is 10.4. The Morgan fingerprint density at radius 2 is 1.83 bits per heavy atom. The maximum absolute atomic E-state index is 11.8. The molecule has 3 unspecified atom stereocenters. The van der Waals surface area contributed by atoms with Crippen LogP contribution in [0, 0.1) is 5.92 Å². The fourth-order valence-electron chi connectivity index (χ4n) is 1.61. The van der Waals surface area contributed by atoms with Gasteiger partial charge in [-0.15, -0.1) is 0 Å². The lowest BCUT2D eigenvalue weighted by Crippen LogP contribution is -2.42. The molecule has 138 valence electrons. The van der Waals surface area contributed by atoms with Gasteiger partial charge in [0.1, 0.15) is 5.60 Å². The fourth-order valence-corrected chi connectivity index (χ4v) is 2.45. The molecule has 0 heterocycles. The van der Waals surface area contributed by atoms with E-state index in [4.69, 9.17) is 13.1 Å². The summed E-state index contributed by atoms with van der Waals surface area (Å²) in [7, 11) is -3.52. The van der Waals surface area contributed by atoms with Crippen LogP contribution in [0.15, 0.2) is 0 Å². The molecule has 1 N–H and O–H groups in total. The number of alkyl carbamates (subject to hydrolysis) is 1. The Hall–Kier alpha value is -0.710. The van der Waals surface area contributed by atoms with Crippen molar-refractivity contribution in [2.24, 2.45) is 5.92 Å². The van der Waals surface area contributed by atoms with E-state index in [0.29, 0.717) is 6.42 Å². The molecule has 8 nitrogen and oxygen atoms in total. The van der Waals surface area contributed by atoms with Gasteiger partial charge in [-0.05, 0) is 33.1 Å². The Morgan fingerprint density at radius 3 is 2.26 bits per heavy atom. The standard InChI is InChI=1S/C13H27NO7S2/c1-10(8-20-23(6,17)18)7-11(9-19-22(5)16)14-12(15)21-13(2,3)4/h10-11H,7-9H2,1-6H3,(H,14,15). The third kappa shape index (κ3) is 14.6. The fraction of sp³-hybridized carbons (Fsp3) is 0.923. The molecule has 0 aromatic carbocycles. The second-order valence-corrected chi connectivity index (χ2v) is 9.04. The number of ether oxygens (including phenoxy) is 1. The lowest BCUT2D eigenvalue weighted by Gasteiger charge is -2.24. The maximum atomic E-state index is 11.8. The van der Waals surface area contributed by atoms with E-state index in [-0.39, 0.29) is 19.1 Å². The Labute approximate surface area is 141 Å². The first kappa shape index (κ1) is 22.3. The molecule has 0 aromatic rings. The van der Waals surface area contributed by atoms with Gasteiger partial charge in [0.05, 0.1) is 25.5 Å². The average molecular weight is 373 g/mol. The van der Waals surface area contributed by atoms with Crippen LogP contribution in [0.25, 0.3) is 0 Å². The van der Waals surface area contributed by atoms with E-state index in [1.54, 1.807) is 27.7 Å². The molecule has 0 aliphatic heterocycles. The SMILES string of the molecule is CC(COS(C)(=O)=O)CC(COS(C)=O)NC(=O)OC(C)(C)C. The highest BCUT2D eigenvalue weighted by atomic mass is 32.2. The molecule has 10 heteroatoms. The molecular weight excluding hydrogens is 346 g/mol. The Bertz CT molecular complexity index is 499. The zero-order valence-electron chi connectivity index (χ0n) is 14.5. The zero-order valence-corrected chi connectivity index (χ0v) is 16.1. The van der Waals surface area contributed by atoms with Gasteiger partial charge in [0.2, 0.25) is 0 Å². The van der Waals surface area contributed by atoms with Gasteiger partial charge in [-0.25, -0.2) is 9.00 Å². The third-order valence-electron chi connectivity index (χ3n) is 2.41. The molecule has 0 saturated carbocycles. The molecule has 0 aliphatic carbocycles. The number of carbonyl (C=O) groups excluding carboxylic acids is 1. The Kier molecular flexibility index (Phi) is 9.26. The van der Waals surface area contributed by atoms with E-state index in [1.807, 2.05) is 0 Å². The highest BCUT2D eigenvalue weighted by Crippen LogP contribution is 2.11. The molecule has 0 aliphatic rings. The topological polar surface area (TPSA) is 108 Å². The van der Waals surface area contributed by atoms with Crippen LogP contribution in [-0.2, 0) is 34.3 Å². The van der Waals surface area contributed by atoms with Crippen LogP contribution in [0.2, 0.25) is 0 Å². The first-order valence-electron chi connectivity index (χ1n) is 7.09. The summed E-state index contributed by atoms with van der Waals surface area (Å²) in [5.74, 6) is -0.168. The molecular formula is C13H27NO7S2. The van der Waals surface area contributed by atoms with Gasteiger partial charge < -0.3 is 10.1 Å². The quantitative estimate of drug-likeness (QED) is 0.605. The van der Waals surface area contributed by atoms with Crippen molar-refractivity contribution in [2.45, 2.75) is 45.8 Å². The smallest absolute Gasteiger partial charge is 0.407 e. The van der Waals surface area contributed by atoms with E-state index >= 15 is 0 Å². The summed E-state index contributed by atoms with van der Waals surface area (Å²) in [6, 6.07) is -0.480. The van der Waals surface area contributed by atoms with E-state index in [0.717, 1.165) is 6.26 Å². The van der Waals surface area contributed by atoms with E-state index in [2.05, 4.69) is 5.32 Å². The number of hydrogen-bond acceptors (Lipinski definition) is 7. The normalized spacial score (nSPS) is 16.4. The Balaban J connectivity index is 4.61. The minimum atomic E-state index is -3.52. The number of nitrogens with one attached hydrogen (secondary N) is 1. The van der Waals surface area contributed by atoms with E-state index in [1.165, 1.54) is 6.26 Å². The predicted molar refractivity (Wildman–Crippen MR) is 87.8 cm³/mol. The summed E-state index contributed by atoms with van der Waals surface area (Å²) in [5, 5.41) is 2.63. The second-order valence-electron chi connectivity index (χ2n) is 6.36. The van der Waals surface area contributed by atoms with Gasteiger partial charge in [-0.3, -0.25) is 8.37 Å². The number of amides is 1. The maximum Gasteiger partial charge on any atom is 0.407 e. The summed E-state index contributed by atoms with van der Waals surface area (Å²) in [6.07, 6.45) is 2.11. The van der Waals surface area contributed by atoms with Gasteiger partial charge in [-0.2, -0.15) is 8.42 Å². The van der Waals surface area contributed by atoms with Crippen molar-refractivity contribution < 1.29 is 30.5 Å². The molecule has 0 bridgehead atoms. The summed E-state index contributed by atoms with van der Waals surface area (Å²) < 4.78 is 48.0. The molecule has 0 rings (SSSR count). The van der Waals surface area contributed by atoms with Crippen molar-refractivity contribution in [1.82, 2.24) is 5.32 Å². The first-order chi connectivity index (χ1) is 10.3. The lowest BCUT2D eigenvalue weighted by molar-refractivity contribution is 0.0477. The van der Waals surface area contributed by atoms with Crippen molar-refractivity contribution in [3.8, 4) is 0 Å². The molecule has 0 fully saturated rings. The molecule has 1 amide bonds. The third-order valence-corrected chi connectivity index (χ3v) is 3.44. The molecule has 3 atom stereocenters. The molecule has 0 saturated heterocycles. The lowest BCUT2D eigenvalue weighted by atomic mass is 10.0. The van der Waals surface area contributed by atoms with Crippen LogP contribution in [0.4, 0.5) is 4.79 Å². The zero-order chi connectivity index (χ0) is 18.3. The molecule has 0 radical (unpaired) electrons. The summed E-state index contributed by atoms with van der Waals surface area (Å²) in [4.78, 5) is 11.8. The van der Waals surface area contributed by atoms with Crippen molar-refractivity contribution in [3.05, 3.63) is 0 Å². The summed E-state index contributed by atoms with van der Waals surface area (Å²) in [5.41, 5.74) is -0.645. The average Bonchev–Trinajstić information content (AvgIpc) is 2.30. The summed E-state index contributed by atoms with van der Waals surface area (Å²) in [6.45, 7) is 7.00. The Morgan fingerprint density at radius 1 is 1.26 bits per heavy atom. The minimum Gasteiger partial charge on any atom is -0.444 e. The second kappa shape index (κ2) is 9.55. The van der Waals surface area contributed by atoms with E-state index in [9.17, 15) is 17.4 Å². The van der Waals surface area contributed by atoms with Gasteiger partial charge in [0, 0.05) is 6.26 Å². The minimum absolute atomic E-state index is 0.0133. The molecule has 23 heavy (non-hydrogen) atoms. The monoisotopic (exact) mass is 373 g/mol. The summed E-state index contributed by atoms with van der Waals surface area (Å²) >= 11 is -1.47.